The van der Waals surface area contributed by atoms with Gasteiger partial charge in [-0.15, -0.1) is 0 Å². The Morgan fingerprint density at radius 3 is 2.15 bits per heavy atom. The predicted octanol–water partition coefficient (Wildman–Crippen LogP) is -2.12. The fourth-order valence-corrected chi connectivity index (χ4v) is 4.14. The zero-order valence-corrected chi connectivity index (χ0v) is 8.78. The molecule has 0 bridgehead atoms. The lowest BCUT2D eigenvalue weighted by atomic mass is 10.2. The van der Waals surface area contributed by atoms with Crippen LogP contribution in [-0.2, 0) is 19.9 Å². The zero-order chi connectivity index (χ0) is 10.1. The maximum atomic E-state index is 11.1. The fraction of sp³-hybridized carbons (Fsp3) is 1.00. The van der Waals surface area contributed by atoms with E-state index in [1.165, 1.54) is 0 Å². The Hall–Kier alpha value is -0.180. The van der Waals surface area contributed by atoms with E-state index < -0.39 is 24.9 Å². The van der Waals surface area contributed by atoms with Crippen molar-refractivity contribution >= 4 is 19.9 Å². The van der Waals surface area contributed by atoms with E-state index >= 15 is 0 Å². The van der Waals surface area contributed by atoms with Gasteiger partial charge in [-0.1, -0.05) is 0 Å². The van der Waals surface area contributed by atoms with Crippen LogP contribution in [0.3, 0.4) is 0 Å². The van der Waals surface area contributed by atoms with Gasteiger partial charge in [-0.25, -0.2) is 21.6 Å². The van der Waals surface area contributed by atoms with Crippen LogP contribution < -0.4 is 10.0 Å². The van der Waals surface area contributed by atoms with Crippen LogP contribution in [0.1, 0.15) is 0 Å². The van der Waals surface area contributed by atoms with Crippen molar-refractivity contribution in [1.82, 2.24) is 10.0 Å². The Morgan fingerprint density at radius 1 is 1.31 bits per heavy atom. The maximum absolute atomic E-state index is 11.1. The molecule has 0 unspecified atom stereocenters. The largest absolute Gasteiger partial charge is 0.313 e. The molecule has 1 saturated heterocycles. The summed E-state index contributed by atoms with van der Waals surface area (Å²) in [4.78, 5) is 0. The van der Waals surface area contributed by atoms with E-state index in [0.717, 1.165) is 6.26 Å². The molecule has 78 valence electrons. The third-order valence-corrected chi connectivity index (χ3v) is 5.14. The topological polar surface area (TPSA) is 92.3 Å². The second-order valence-electron chi connectivity index (χ2n) is 3.13. The molecule has 1 heterocycles. The fourth-order valence-electron chi connectivity index (χ4n) is 0.942. The Balaban J connectivity index is 2.56. The Morgan fingerprint density at radius 2 is 1.85 bits per heavy atom. The molecule has 2 N–H and O–H groups in total. The highest BCUT2D eigenvalue weighted by molar-refractivity contribution is 8.06. The van der Waals surface area contributed by atoms with Crippen LogP contribution in [0.4, 0.5) is 0 Å². The Kier molecular flexibility index (Phi) is 2.95. The molecule has 1 aliphatic heterocycles. The smallest absolute Gasteiger partial charge is 0.226 e. The summed E-state index contributed by atoms with van der Waals surface area (Å²) in [6, 6.07) is -0.160. The van der Waals surface area contributed by atoms with Crippen LogP contribution >= 0.6 is 0 Å². The first-order valence-electron chi connectivity index (χ1n) is 3.67. The second-order valence-corrected chi connectivity index (χ2v) is 7.39. The number of sulfonamides is 1. The molecule has 13 heavy (non-hydrogen) atoms. The lowest BCUT2D eigenvalue weighted by Gasteiger charge is -2.27. The molecule has 0 atom stereocenters. The van der Waals surface area contributed by atoms with Crippen molar-refractivity contribution in [2.45, 2.75) is 6.04 Å². The first-order valence-corrected chi connectivity index (χ1v) is 7.38. The summed E-state index contributed by atoms with van der Waals surface area (Å²) in [5, 5.41) is 2.03. The van der Waals surface area contributed by atoms with E-state index in [4.69, 9.17) is 0 Å². The Labute approximate surface area is 77.7 Å². The molecule has 0 amide bonds. The van der Waals surface area contributed by atoms with Crippen molar-refractivity contribution in [2.24, 2.45) is 0 Å². The molecule has 0 aromatic heterocycles. The van der Waals surface area contributed by atoms with E-state index in [-0.39, 0.29) is 6.04 Å². The number of nitrogens with one attached hydrogen (secondary N) is 2. The third kappa shape index (κ3) is 4.03. The highest BCUT2D eigenvalue weighted by atomic mass is 32.3. The third-order valence-electron chi connectivity index (χ3n) is 1.50. The van der Waals surface area contributed by atoms with Crippen molar-refractivity contribution in [3.63, 3.8) is 0 Å². The summed E-state index contributed by atoms with van der Waals surface area (Å²) in [7, 11) is -7.16. The number of hydrogen-bond donors (Lipinski definition) is 2. The number of rotatable bonds is 4. The van der Waals surface area contributed by atoms with Gasteiger partial charge in [0.05, 0.1) is 0 Å². The highest BCUT2D eigenvalue weighted by Gasteiger charge is 2.25. The van der Waals surface area contributed by atoms with Gasteiger partial charge in [-0.3, -0.25) is 0 Å². The molecule has 0 radical (unpaired) electrons. The van der Waals surface area contributed by atoms with E-state index in [0.29, 0.717) is 13.1 Å². The maximum Gasteiger partial charge on any atom is 0.226 e. The quantitative estimate of drug-likeness (QED) is 0.574. The molecule has 0 spiro atoms. The van der Waals surface area contributed by atoms with Gasteiger partial charge in [0.15, 0.2) is 14.9 Å². The molecule has 0 saturated carbocycles. The van der Waals surface area contributed by atoms with Gasteiger partial charge in [-0.05, 0) is 0 Å². The van der Waals surface area contributed by atoms with Gasteiger partial charge >= 0.3 is 0 Å². The standard InChI is InChI=1S/C5H12N2O4S2/c1-12(8,9)4-13(10,11)7-5-2-6-3-5/h5-7H,2-4H2,1H3. The van der Waals surface area contributed by atoms with Crippen molar-refractivity contribution in [2.75, 3.05) is 24.4 Å². The van der Waals surface area contributed by atoms with Crippen LogP contribution in [0.25, 0.3) is 0 Å². The van der Waals surface area contributed by atoms with Crippen LogP contribution in [0.15, 0.2) is 0 Å². The average Bonchev–Trinajstić information content (AvgIpc) is 1.73. The molecular formula is C5H12N2O4S2. The SMILES string of the molecule is CS(=O)(=O)CS(=O)(=O)NC1CNC1. The predicted molar refractivity (Wildman–Crippen MR) is 48.4 cm³/mol. The molecule has 0 aromatic rings. The summed E-state index contributed by atoms with van der Waals surface area (Å²) in [5.74, 6) is 0. The van der Waals surface area contributed by atoms with Crippen molar-refractivity contribution in [3.05, 3.63) is 0 Å². The van der Waals surface area contributed by atoms with Gasteiger partial charge in [-0.2, -0.15) is 0 Å². The minimum atomic E-state index is -3.68. The highest BCUT2D eigenvalue weighted by Crippen LogP contribution is 1.97. The van der Waals surface area contributed by atoms with E-state index in [1.54, 1.807) is 0 Å². The van der Waals surface area contributed by atoms with Gasteiger partial charge in [0.25, 0.3) is 0 Å². The van der Waals surface area contributed by atoms with Gasteiger partial charge in [0.1, 0.15) is 0 Å². The summed E-state index contributed by atoms with van der Waals surface area (Å²) in [6.07, 6.45) is 0.894. The molecule has 0 aliphatic carbocycles. The van der Waals surface area contributed by atoms with Crippen LogP contribution in [0.2, 0.25) is 0 Å². The summed E-state index contributed by atoms with van der Waals surface area (Å²) in [5.41, 5.74) is 0. The van der Waals surface area contributed by atoms with E-state index in [1.807, 2.05) is 0 Å². The average molecular weight is 228 g/mol. The monoisotopic (exact) mass is 228 g/mol. The first-order chi connectivity index (χ1) is 5.79. The van der Waals surface area contributed by atoms with Crippen molar-refractivity contribution < 1.29 is 16.8 Å². The molecule has 1 rings (SSSR count). The minimum absolute atomic E-state index is 0.160. The van der Waals surface area contributed by atoms with E-state index in [9.17, 15) is 16.8 Å². The van der Waals surface area contributed by atoms with Crippen LogP contribution in [-0.4, -0.2) is 47.3 Å². The lowest BCUT2D eigenvalue weighted by Crippen LogP contribution is -2.57. The van der Waals surface area contributed by atoms with Crippen LogP contribution in [0, 0.1) is 0 Å². The summed E-state index contributed by atoms with van der Waals surface area (Å²) in [6.45, 7) is 1.12. The first kappa shape index (κ1) is 10.9. The van der Waals surface area contributed by atoms with Crippen molar-refractivity contribution in [3.8, 4) is 0 Å². The molecular weight excluding hydrogens is 216 g/mol. The molecule has 0 aromatic carbocycles. The molecule has 6 nitrogen and oxygen atoms in total. The number of hydrogen-bond acceptors (Lipinski definition) is 5. The van der Waals surface area contributed by atoms with Gasteiger partial charge < -0.3 is 5.32 Å². The Bertz CT molecular complexity index is 367. The minimum Gasteiger partial charge on any atom is -0.313 e. The lowest BCUT2D eigenvalue weighted by molar-refractivity contribution is 0.411. The molecule has 1 fully saturated rings. The zero-order valence-electron chi connectivity index (χ0n) is 7.15. The summed E-state index contributed by atoms with van der Waals surface area (Å²) >= 11 is 0. The number of sulfone groups is 1. The molecule has 1 aliphatic rings. The molecule has 8 heteroatoms. The van der Waals surface area contributed by atoms with Gasteiger partial charge in [0.2, 0.25) is 10.0 Å². The normalized spacial score (nSPS) is 19.8. The second kappa shape index (κ2) is 3.52. The summed E-state index contributed by atoms with van der Waals surface area (Å²) < 4.78 is 45.9. The van der Waals surface area contributed by atoms with Crippen molar-refractivity contribution in [1.29, 1.82) is 0 Å². The van der Waals surface area contributed by atoms with Gasteiger partial charge in [0, 0.05) is 25.4 Å². The van der Waals surface area contributed by atoms with E-state index in [2.05, 4.69) is 10.0 Å². The van der Waals surface area contributed by atoms with Crippen LogP contribution in [0.5, 0.6) is 0 Å².